The van der Waals surface area contributed by atoms with Crippen LogP contribution in [0, 0.1) is 11.3 Å². The van der Waals surface area contributed by atoms with Gasteiger partial charge in [-0.1, -0.05) is 30.3 Å². The molecule has 0 radical (unpaired) electrons. The van der Waals surface area contributed by atoms with Crippen molar-refractivity contribution in [3.05, 3.63) is 65.4 Å². The number of esters is 4. The lowest BCUT2D eigenvalue weighted by atomic mass is 9.57. The summed E-state index contributed by atoms with van der Waals surface area (Å²) in [6.07, 6.45) is -0.144. The van der Waals surface area contributed by atoms with Gasteiger partial charge in [-0.05, 0) is 35.7 Å². The highest BCUT2D eigenvalue weighted by Crippen LogP contribution is 2.59. The van der Waals surface area contributed by atoms with Gasteiger partial charge in [-0.3, -0.25) is 19.2 Å². The molecule has 3 aromatic rings. The summed E-state index contributed by atoms with van der Waals surface area (Å²) in [5.74, 6) is -6.71. The molecule has 1 aromatic heterocycles. The summed E-state index contributed by atoms with van der Waals surface area (Å²) in [6.45, 7) is 0. The second-order valence-corrected chi connectivity index (χ2v) is 9.36. The van der Waals surface area contributed by atoms with Gasteiger partial charge in [0.25, 0.3) is 0 Å². The first-order chi connectivity index (χ1) is 18.7. The Labute approximate surface area is 225 Å². The number of aromatic nitrogens is 1. The molecule has 0 spiro atoms. The summed E-state index contributed by atoms with van der Waals surface area (Å²) in [4.78, 5) is 54.0. The topological polar surface area (TPSA) is 119 Å². The van der Waals surface area contributed by atoms with Crippen molar-refractivity contribution in [1.82, 2.24) is 4.57 Å². The summed E-state index contributed by atoms with van der Waals surface area (Å²) in [5, 5.41) is 0.845. The van der Waals surface area contributed by atoms with Gasteiger partial charge in [-0.25, -0.2) is 0 Å². The molecule has 0 unspecified atom stereocenters. The fraction of sp³-hybridized carbons (Fsp3) is 0.379. The lowest BCUT2D eigenvalue weighted by molar-refractivity contribution is -0.178. The number of nitrogens with zero attached hydrogens (tertiary/aromatic N) is 1. The number of hydrogen-bond acceptors (Lipinski definition) is 9. The van der Waals surface area contributed by atoms with Gasteiger partial charge in [0.05, 0.1) is 41.5 Å². The maximum absolute atomic E-state index is 13.8. The molecular weight excluding hydrogens is 506 g/mol. The maximum atomic E-state index is 13.8. The van der Waals surface area contributed by atoms with Gasteiger partial charge in [-0.15, -0.1) is 0 Å². The molecule has 0 amide bonds. The minimum absolute atomic E-state index is 0.144. The van der Waals surface area contributed by atoms with Gasteiger partial charge in [-0.2, -0.15) is 0 Å². The first-order valence-electron chi connectivity index (χ1n) is 12.2. The predicted molar refractivity (Wildman–Crippen MR) is 139 cm³/mol. The van der Waals surface area contributed by atoms with Crippen molar-refractivity contribution in [2.45, 2.75) is 18.3 Å². The number of aryl methyl sites for hydroxylation is 1. The molecule has 39 heavy (non-hydrogen) atoms. The Balaban J connectivity index is 2.19. The van der Waals surface area contributed by atoms with E-state index in [4.69, 9.17) is 23.7 Å². The average Bonchev–Trinajstić information content (AvgIpc) is 3.28. The van der Waals surface area contributed by atoms with Crippen LogP contribution in [0.25, 0.3) is 10.9 Å². The Morgan fingerprint density at radius 1 is 0.821 bits per heavy atom. The zero-order valence-electron chi connectivity index (χ0n) is 22.7. The molecular formula is C29H31NO9. The van der Waals surface area contributed by atoms with E-state index in [1.165, 1.54) is 0 Å². The van der Waals surface area contributed by atoms with E-state index < -0.39 is 47.0 Å². The Hall–Kier alpha value is -4.34. The summed E-state index contributed by atoms with van der Waals surface area (Å²) in [5.41, 5.74) is 0.669. The highest BCUT2D eigenvalue weighted by Gasteiger charge is 2.65. The molecule has 0 saturated carbocycles. The van der Waals surface area contributed by atoms with Crippen molar-refractivity contribution in [3.63, 3.8) is 0 Å². The van der Waals surface area contributed by atoms with Crippen LogP contribution in [-0.2, 0) is 45.2 Å². The van der Waals surface area contributed by atoms with Gasteiger partial charge >= 0.3 is 23.9 Å². The fourth-order valence-corrected chi connectivity index (χ4v) is 6.02. The molecule has 1 aliphatic rings. The van der Waals surface area contributed by atoms with E-state index in [-0.39, 0.29) is 6.42 Å². The number of carbonyl (C=O) groups excluding carboxylic acids is 4. The number of fused-ring (bicyclic) bond motifs is 3. The summed E-state index contributed by atoms with van der Waals surface area (Å²) < 4.78 is 27.5. The SMILES string of the molecule is COC(=O)C(C(=O)OC)[C@@H]1c2c(c3ccccc3n2C)[C@H](c2ccc(OC)cc2)CC1(C(=O)OC)C(=O)OC. The molecule has 2 aromatic carbocycles. The van der Waals surface area contributed by atoms with Crippen LogP contribution in [0.1, 0.15) is 35.1 Å². The van der Waals surface area contributed by atoms with Crippen LogP contribution in [-0.4, -0.2) is 64.0 Å². The molecule has 0 fully saturated rings. The number of para-hydroxylation sites is 1. The first-order valence-corrected chi connectivity index (χ1v) is 12.2. The monoisotopic (exact) mass is 537 g/mol. The van der Waals surface area contributed by atoms with Gasteiger partial charge < -0.3 is 28.3 Å². The van der Waals surface area contributed by atoms with Crippen LogP contribution in [0.5, 0.6) is 5.75 Å². The Morgan fingerprint density at radius 3 is 1.90 bits per heavy atom. The number of benzene rings is 2. The van der Waals surface area contributed by atoms with Crippen LogP contribution in [0.2, 0.25) is 0 Å². The van der Waals surface area contributed by atoms with E-state index in [2.05, 4.69) is 0 Å². The van der Waals surface area contributed by atoms with Crippen molar-refractivity contribution < 1.29 is 42.9 Å². The van der Waals surface area contributed by atoms with E-state index >= 15 is 0 Å². The van der Waals surface area contributed by atoms with Crippen molar-refractivity contribution >= 4 is 34.8 Å². The summed E-state index contributed by atoms with van der Waals surface area (Å²) in [7, 11) is 7.87. The minimum Gasteiger partial charge on any atom is -0.497 e. The van der Waals surface area contributed by atoms with E-state index in [9.17, 15) is 19.2 Å². The second-order valence-electron chi connectivity index (χ2n) is 9.36. The smallest absolute Gasteiger partial charge is 0.323 e. The van der Waals surface area contributed by atoms with E-state index in [0.717, 1.165) is 50.5 Å². The lowest BCUT2D eigenvalue weighted by Crippen LogP contribution is -2.55. The zero-order chi connectivity index (χ0) is 28.5. The number of methoxy groups -OCH3 is 5. The van der Waals surface area contributed by atoms with Crippen LogP contribution >= 0.6 is 0 Å². The number of carbonyl (C=O) groups is 4. The summed E-state index contributed by atoms with van der Waals surface area (Å²) >= 11 is 0. The first kappa shape index (κ1) is 27.7. The molecule has 0 N–H and O–H groups in total. The largest absolute Gasteiger partial charge is 0.497 e. The number of rotatable bonds is 7. The Bertz CT molecular complexity index is 1390. The number of ether oxygens (including phenoxy) is 5. The number of hydrogen-bond donors (Lipinski definition) is 0. The molecule has 0 aliphatic heterocycles. The van der Waals surface area contributed by atoms with Gasteiger partial charge in [0.2, 0.25) is 0 Å². The highest BCUT2D eigenvalue weighted by atomic mass is 16.6. The molecule has 206 valence electrons. The summed E-state index contributed by atoms with van der Waals surface area (Å²) in [6, 6.07) is 14.8. The zero-order valence-corrected chi connectivity index (χ0v) is 22.7. The van der Waals surface area contributed by atoms with Crippen LogP contribution in [0.3, 0.4) is 0 Å². The third kappa shape index (κ3) is 4.20. The maximum Gasteiger partial charge on any atom is 0.323 e. The molecule has 4 rings (SSSR count). The fourth-order valence-electron chi connectivity index (χ4n) is 6.02. The van der Waals surface area contributed by atoms with Gasteiger partial charge in [0, 0.05) is 29.6 Å². The molecule has 0 saturated heterocycles. The van der Waals surface area contributed by atoms with Crippen molar-refractivity contribution in [1.29, 1.82) is 0 Å². The third-order valence-corrected chi connectivity index (χ3v) is 7.75. The molecule has 1 aliphatic carbocycles. The third-order valence-electron chi connectivity index (χ3n) is 7.75. The predicted octanol–water partition coefficient (Wildman–Crippen LogP) is 3.10. The van der Waals surface area contributed by atoms with Crippen molar-refractivity contribution in [2.24, 2.45) is 18.4 Å². The van der Waals surface area contributed by atoms with Crippen LogP contribution < -0.4 is 4.74 Å². The van der Waals surface area contributed by atoms with E-state index in [0.29, 0.717) is 11.4 Å². The normalized spacial score (nSPS) is 17.7. The highest BCUT2D eigenvalue weighted by molar-refractivity contribution is 6.06. The van der Waals surface area contributed by atoms with Gasteiger partial charge in [0.15, 0.2) is 11.3 Å². The van der Waals surface area contributed by atoms with Crippen LogP contribution in [0.15, 0.2) is 48.5 Å². The molecule has 0 bridgehead atoms. The molecule has 1 heterocycles. The molecule has 10 heteroatoms. The standard InChI is InChI=1S/C29H31NO9/c1-30-20-10-8-7-9-18(20)21-19(16-11-13-17(35-2)14-12-16)15-29(27(33)38-5,28(34)39-6)23(24(21)30)22(25(31)36-3)26(32)37-4/h7-14,19,22-23H,15H2,1-6H3/t19-,23+/m0/s1. The van der Waals surface area contributed by atoms with Crippen LogP contribution in [0.4, 0.5) is 0 Å². The Kier molecular flexibility index (Phi) is 7.67. The van der Waals surface area contributed by atoms with Crippen molar-refractivity contribution in [2.75, 3.05) is 35.5 Å². The van der Waals surface area contributed by atoms with E-state index in [1.807, 2.05) is 36.4 Å². The lowest BCUT2D eigenvalue weighted by Gasteiger charge is -2.44. The van der Waals surface area contributed by atoms with Crippen molar-refractivity contribution in [3.8, 4) is 5.75 Å². The average molecular weight is 538 g/mol. The minimum atomic E-state index is -2.10. The molecule has 10 nitrogen and oxygen atoms in total. The Morgan fingerprint density at radius 2 is 1.38 bits per heavy atom. The quantitative estimate of drug-likeness (QED) is 0.254. The second kappa shape index (κ2) is 10.8. The molecule has 2 atom stereocenters. The van der Waals surface area contributed by atoms with Gasteiger partial charge in [0.1, 0.15) is 5.75 Å². The van der Waals surface area contributed by atoms with E-state index in [1.54, 1.807) is 30.9 Å².